The molecule has 0 unspecified atom stereocenters. The predicted molar refractivity (Wildman–Crippen MR) is 113 cm³/mol. The number of para-hydroxylation sites is 1. The third-order valence-electron chi connectivity index (χ3n) is 3.32. The number of nitrogens with zero attached hydrogens (tertiary/aromatic N) is 3. The average molecular weight is 445 g/mol. The van der Waals surface area contributed by atoms with E-state index in [9.17, 15) is 4.79 Å². The molecule has 0 atom stereocenters. The lowest BCUT2D eigenvalue weighted by atomic mass is 10.3. The van der Waals surface area contributed by atoms with Gasteiger partial charge in [-0.05, 0) is 36.4 Å². The van der Waals surface area contributed by atoms with Gasteiger partial charge >= 0.3 is 0 Å². The number of carbonyl (C=O) groups is 1. The highest BCUT2D eigenvalue weighted by atomic mass is 79.9. The summed E-state index contributed by atoms with van der Waals surface area (Å²) >= 11 is 4.76. The van der Waals surface area contributed by atoms with Gasteiger partial charge in [-0.3, -0.25) is 4.79 Å². The van der Waals surface area contributed by atoms with Gasteiger partial charge in [-0.15, -0.1) is 11.8 Å². The van der Waals surface area contributed by atoms with Gasteiger partial charge in [-0.25, -0.2) is 0 Å². The standard InChI is InChI=1S/C18H17BrN6OS/c19-12-6-8-14(9-7-12)21-16(26)11-27-10-15-23-17(20)25-18(24-15)22-13-4-2-1-3-5-13/h1-9H,10-11H2,(H,21,26)(H3,20,22,23,24,25). The number of anilines is 4. The summed E-state index contributed by atoms with van der Waals surface area (Å²) < 4.78 is 0.960. The molecule has 1 aromatic heterocycles. The van der Waals surface area contributed by atoms with Gasteiger partial charge in [0.25, 0.3) is 0 Å². The summed E-state index contributed by atoms with van der Waals surface area (Å²) in [5.41, 5.74) is 7.37. The highest BCUT2D eigenvalue weighted by molar-refractivity contribution is 9.10. The molecule has 138 valence electrons. The van der Waals surface area contributed by atoms with E-state index in [4.69, 9.17) is 5.73 Å². The molecule has 0 saturated carbocycles. The maximum absolute atomic E-state index is 12.0. The Morgan fingerprint density at radius 1 is 1.00 bits per heavy atom. The van der Waals surface area contributed by atoms with Crippen LogP contribution in [0.1, 0.15) is 5.82 Å². The molecule has 0 aliphatic rings. The summed E-state index contributed by atoms with van der Waals surface area (Å²) in [6, 6.07) is 17.0. The maximum Gasteiger partial charge on any atom is 0.234 e. The Balaban J connectivity index is 1.53. The van der Waals surface area contributed by atoms with Crippen molar-refractivity contribution < 1.29 is 4.79 Å². The van der Waals surface area contributed by atoms with Crippen LogP contribution in [0.5, 0.6) is 0 Å². The molecule has 0 aliphatic carbocycles. The monoisotopic (exact) mass is 444 g/mol. The zero-order chi connectivity index (χ0) is 19.1. The van der Waals surface area contributed by atoms with E-state index in [-0.39, 0.29) is 17.6 Å². The number of halogens is 1. The molecule has 3 rings (SSSR count). The number of carbonyl (C=O) groups excluding carboxylic acids is 1. The van der Waals surface area contributed by atoms with Gasteiger partial charge in [-0.2, -0.15) is 15.0 Å². The summed E-state index contributed by atoms with van der Waals surface area (Å²) in [4.78, 5) is 24.6. The third kappa shape index (κ3) is 6.22. The number of hydrogen-bond donors (Lipinski definition) is 3. The molecule has 27 heavy (non-hydrogen) atoms. The smallest absolute Gasteiger partial charge is 0.234 e. The lowest BCUT2D eigenvalue weighted by molar-refractivity contribution is -0.113. The van der Waals surface area contributed by atoms with Crippen molar-refractivity contribution in [2.45, 2.75) is 5.75 Å². The summed E-state index contributed by atoms with van der Waals surface area (Å²) in [5.74, 6) is 1.67. The largest absolute Gasteiger partial charge is 0.368 e. The number of hydrogen-bond acceptors (Lipinski definition) is 7. The molecule has 0 spiro atoms. The van der Waals surface area contributed by atoms with Crippen molar-refractivity contribution in [1.82, 2.24) is 15.0 Å². The SMILES string of the molecule is Nc1nc(CSCC(=O)Nc2ccc(Br)cc2)nc(Nc2ccccc2)n1. The molecule has 0 aliphatic heterocycles. The molecular weight excluding hydrogens is 428 g/mol. The fourth-order valence-corrected chi connectivity index (χ4v) is 3.11. The van der Waals surface area contributed by atoms with Crippen molar-refractivity contribution >= 4 is 56.9 Å². The van der Waals surface area contributed by atoms with E-state index in [2.05, 4.69) is 41.5 Å². The Morgan fingerprint density at radius 3 is 2.48 bits per heavy atom. The van der Waals surface area contributed by atoms with Gasteiger partial charge in [0.1, 0.15) is 5.82 Å². The number of nitrogen functional groups attached to an aromatic ring is 1. The van der Waals surface area contributed by atoms with E-state index >= 15 is 0 Å². The molecule has 4 N–H and O–H groups in total. The first-order valence-electron chi connectivity index (χ1n) is 8.04. The molecule has 3 aromatic rings. The van der Waals surface area contributed by atoms with Crippen LogP contribution in [0.4, 0.5) is 23.3 Å². The van der Waals surface area contributed by atoms with Gasteiger partial charge in [-0.1, -0.05) is 34.1 Å². The average Bonchev–Trinajstić information content (AvgIpc) is 2.64. The van der Waals surface area contributed by atoms with Crippen LogP contribution in [0.15, 0.2) is 59.1 Å². The highest BCUT2D eigenvalue weighted by Crippen LogP contribution is 2.17. The summed E-state index contributed by atoms with van der Waals surface area (Å²) in [5, 5.41) is 5.93. The van der Waals surface area contributed by atoms with Crippen molar-refractivity contribution in [3.8, 4) is 0 Å². The molecule has 7 nitrogen and oxygen atoms in total. The number of rotatable bonds is 7. The van der Waals surface area contributed by atoms with Gasteiger partial charge in [0.15, 0.2) is 0 Å². The van der Waals surface area contributed by atoms with Crippen LogP contribution in [0, 0.1) is 0 Å². The van der Waals surface area contributed by atoms with E-state index in [1.165, 1.54) is 11.8 Å². The van der Waals surface area contributed by atoms with Crippen LogP contribution >= 0.6 is 27.7 Å². The van der Waals surface area contributed by atoms with Crippen LogP contribution in [0.2, 0.25) is 0 Å². The lowest BCUT2D eigenvalue weighted by Gasteiger charge is -2.08. The number of thioether (sulfide) groups is 1. The van der Waals surface area contributed by atoms with Crippen LogP contribution in [0.3, 0.4) is 0 Å². The number of benzene rings is 2. The number of nitrogens with one attached hydrogen (secondary N) is 2. The first kappa shape index (κ1) is 19.1. The van der Waals surface area contributed by atoms with E-state index in [0.29, 0.717) is 17.5 Å². The second-order valence-corrected chi connectivity index (χ2v) is 7.37. The second kappa shape index (κ2) is 9.33. The Bertz CT molecular complexity index is 907. The molecule has 1 heterocycles. The first-order chi connectivity index (χ1) is 13.1. The van der Waals surface area contributed by atoms with Crippen LogP contribution in [0.25, 0.3) is 0 Å². The molecule has 0 radical (unpaired) electrons. The molecule has 0 saturated heterocycles. The zero-order valence-electron chi connectivity index (χ0n) is 14.2. The lowest BCUT2D eigenvalue weighted by Crippen LogP contribution is -2.14. The summed E-state index contributed by atoms with van der Waals surface area (Å²) in [6.07, 6.45) is 0. The van der Waals surface area contributed by atoms with Gasteiger partial charge in [0, 0.05) is 15.8 Å². The third-order valence-corrected chi connectivity index (χ3v) is 4.78. The topological polar surface area (TPSA) is 106 Å². The minimum atomic E-state index is -0.0908. The Hall–Kier alpha value is -2.65. The minimum absolute atomic E-state index is 0.0908. The fourth-order valence-electron chi connectivity index (χ4n) is 2.17. The van der Waals surface area contributed by atoms with E-state index in [0.717, 1.165) is 15.8 Å². The second-order valence-electron chi connectivity index (χ2n) is 5.47. The molecule has 2 aromatic carbocycles. The van der Waals surface area contributed by atoms with Crippen LogP contribution < -0.4 is 16.4 Å². The first-order valence-corrected chi connectivity index (χ1v) is 9.99. The normalized spacial score (nSPS) is 10.4. The Kier molecular flexibility index (Phi) is 6.61. The fraction of sp³-hybridized carbons (Fsp3) is 0.111. The maximum atomic E-state index is 12.0. The minimum Gasteiger partial charge on any atom is -0.368 e. The predicted octanol–water partition coefficient (Wildman–Crippen LogP) is 3.83. The Labute approximate surface area is 169 Å². The molecular formula is C18H17BrN6OS. The van der Waals surface area contributed by atoms with E-state index in [1.807, 2.05) is 54.6 Å². The van der Waals surface area contributed by atoms with Crippen molar-refractivity contribution in [3.05, 3.63) is 64.9 Å². The number of nitrogens with two attached hydrogens (primary N) is 1. The number of aromatic nitrogens is 3. The number of amides is 1. The van der Waals surface area contributed by atoms with Crippen LogP contribution in [-0.4, -0.2) is 26.6 Å². The molecule has 9 heteroatoms. The van der Waals surface area contributed by atoms with E-state index in [1.54, 1.807) is 0 Å². The van der Waals surface area contributed by atoms with Gasteiger partial charge < -0.3 is 16.4 Å². The van der Waals surface area contributed by atoms with Gasteiger partial charge in [0.05, 0.1) is 11.5 Å². The van der Waals surface area contributed by atoms with Crippen molar-refractivity contribution in [2.75, 3.05) is 22.1 Å². The molecule has 0 fully saturated rings. The summed E-state index contributed by atoms with van der Waals surface area (Å²) in [7, 11) is 0. The Morgan fingerprint density at radius 2 is 1.74 bits per heavy atom. The molecule has 1 amide bonds. The highest BCUT2D eigenvalue weighted by Gasteiger charge is 2.08. The van der Waals surface area contributed by atoms with Crippen molar-refractivity contribution in [1.29, 1.82) is 0 Å². The van der Waals surface area contributed by atoms with Crippen LogP contribution in [-0.2, 0) is 10.5 Å². The summed E-state index contributed by atoms with van der Waals surface area (Å²) in [6.45, 7) is 0. The van der Waals surface area contributed by atoms with Gasteiger partial charge in [0.2, 0.25) is 17.8 Å². The molecule has 0 bridgehead atoms. The quantitative estimate of drug-likeness (QED) is 0.508. The van der Waals surface area contributed by atoms with Crippen molar-refractivity contribution in [3.63, 3.8) is 0 Å². The zero-order valence-corrected chi connectivity index (χ0v) is 16.6. The van der Waals surface area contributed by atoms with Crippen molar-refractivity contribution in [2.24, 2.45) is 0 Å². The van der Waals surface area contributed by atoms with E-state index < -0.39 is 0 Å².